The molecule has 22 heavy (non-hydrogen) atoms. The fourth-order valence-electron chi connectivity index (χ4n) is 2.47. The standard InChI is InChI=1S/C17H14Cl3NO/c18-12-8-6-11(7-9-12)16(10-4-5-10)21-17(22)13-2-1-3-14(19)15(13)20/h1-3,6-10,16H,4-5H2,(H,21,22). The molecule has 114 valence electrons. The average Bonchev–Trinajstić information content (AvgIpc) is 3.33. The van der Waals surface area contributed by atoms with Gasteiger partial charge in [0, 0.05) is 5.02 Å². The van der Waals surface area contributed by atoms with Gasteiger partial charge in [0.25, 0.3) is 5.91 Å². The first-order valence-electron chi connectivity index (χ1n) is 7.06. The van der Waals surface area contributed by atoms with E-state index in [4.69, 9.17) is 34.8 Å². The van der Waals surface area contributed by atoms with Crippen molar-refractivity contribution in [2.75, 3.05) is 0 Å². The molecule has 1 atom stereocenters. The van der Waals surface area contributed by atoms with Crippen molar-refractivity contribution in [1.82, 2.24) is 5.32 Å². The summed E-state index contributed by atoms with van der Waals surface area (Å²) < 4.78 is 0. The smallest absolute Gasteiger partial charge is 0.253 e. The number of carbonyl (C=O) groups excluding carboxylic acids is 1. The minimum Gasteiger partial charge on any atom is -0.345 e. The SMILES string of the molecule is O=C(NC(c1ccc(Cl)cc1)C1CC1)c1cccc(Cl)c1Cl. The van der Waals surface area contributed by atoms with Gasteiger partial charge in [0.1, 0.15) is 0 Å². The van der Waals surface area contributed by atoms with E-state index in [0.29, 0.717) is 21.5 Å². The molecule has 1 N–H and O–H groups in total. The fourth-order valence-corrected chi connectivity index (χ4v) is 2.98. The lowest BCUT2D eigenvalue weighted by molar-refractivity contribution is 0.0932. The van der Waals surface area contributed by atoms with E-state index in [0.717, 1.165) is 18.4 Å². The van der Waals surface area contributed by atoms with E-state index in [-0.39, 0.29) is 17.0 Å². The third-order valence-electron chi connectivity index (χ3n) is 3.81. The van der Waals surface area contributed by atoms with Crippen LogP contribution in [0.5, 0.6) is 0 Å². The number of nitrogens with one attached hydrogen (secondary N) is 1. The molecule has 0 heterocycles. The summed E-state index contributed by atoms with van der Waals surface area (Å²) in [4.78, 5) is 12.5. The van der Waals surface area contributed by atoms with Gasteiger partial charge in [-0.05, 0) is 48.6 Å². The minimum absolute atomic E-state index is 0.0279. The Bertz CT molecular complexity index is 696. The molecule has 3 rings (SSSR count). The van der Waals surface area contributed by atoms with Gasteiger partial charge in [0.15, 0.2) is 0 Å². The Morgan fingerprint density at radius 3 is 2.36 bits per heavy atom. The first-order chi connectivity index (χ1) is 10.6. The highest BCUT2D eigenvalue weighted by Crippen LogP contribution is 2.41. The van der Waals surface area contributed by atoms with Gasteiger partial charge in [-0.2, -0.15) is 0 Å². The van der Waals surface area contributed by atoms with Gasteiger partial charge in [-0.15, -0.1) is 0 Å². The van der Waals surface area contributed by atoms with Crippen LogP contribution in [0.4, 0.5) is 0 Å². The lowest BCUT2D eigenvalue weighted by Crippen LogP contribution is -2.30. The summed E-state index contributed by atoms with van der Waals surface area (Å²) in [7, 11) is 0. The van der Waals surface area contributed by atoms with E-state index in [1.807, 2.05) is 24.3 Å². The van der Waals surface area contributed by atoms with Gasteiger partial charge in [0.05, 0.1) is 21.7 Å². The second-order valence-corrected chi connectivity index (χ2v) is 6.66. The molecule has 0 spiro atoms. The molecule has 1 amide bonds. The highest BCUT2D eigenvalue weighted by molar-refractivity contribution is 6.43. The quantitative estimate of drug-likeness (QED) is 0.768. The molecule has 1 saturated carbocycles. The Balaban J connectivity index is 1.83. The predicted octanol–water partition coefficient (Wildman–Crippen LogP) is 5.53. The van der Waals surface area contributed by atoms with Crippen LogP contribution in [0.15, 0.2) is 42.5 Å². The van der Waals surface area contributed by atoms with Gasteiger partial charge in [0.2, 0.25) is 0 Å². The number of hydrogen-bond acceptors (Lipinski definition) is 1. The molecule has 1 aliphatic rings. The maximum absolute atomic E-state index is 12.5. The molecule has 0 aromatic heterocycles. The molecule has 0 radical (unpaired) electrons. The van der Waals surface area contributed by atoms with Crippen molar-refractivity contribution in [1.29, 1.82) is 0 Å². The van der Waals surface area contributed by atoms with Crippen LogP contribution in [0.2, 0.25) is 15.1 Å². The zero-order valence-corrected chi connectivity index (χ0v) is 13.9. The Morgan fingerprint density at radius 2 is 1.73 bits per heavy atom. The number of carbonyl (C=O) groups is 1. The second-order valence-electron chi connectivity index (χ2n) is 5.44. The van der Waals surface area contributed by atoms with Crippen molar-refractivity contribution in [3.63, 3.8) is 0 Å². The van der Waals surface area contributed by atoms with Gasteiger partial charge < -0.3 is 5.32 Å². The first kappa shape index (κ1) is 15.7. The lowest BCUT2D eigenvalue weighted by Gasteiger charge is -2.19. The van der Waals surface area contributed by atoms with Crippen LogP contribution in [0.25, 0.3) is 0 Å². The van der Waals surface area contributed by atoms with Gasteiger partial charge in [-0.3, -0.25) is 4.79 Å². The van der Waals surface area contributed by atoms with Crippen molar-refractivity contribution in [2.45, 2.75) is 18.9 Å². The largest absolute Gasteiger partial charge is 0.345 e. The molecule has 1 fully saturated rings. The molecule has 1 unspecified atom stereocenters. The summed E-state index contributed by atoms with van der Waals surface area (Å²) in [6.07, 6.45) is 2.22. The molecule has 1 aliphatic carbocycles. The summed E-state index contributed by atoms with van der Waals surface area (Å²) in [6, 6.07) is 12.6. The van der Waals surface area contributed by atoms with Gasteiger partial charge in [-0.1, -0.05) is 53.0 Å². The van der Waals surface area contributed by atoms with Crippen LogP contribution in [0.3, 0.4) is 0 Å². The highest BCUT2D eigenvalue weighted by Gasteiger charge is 2.33. The van der Waals surface area contributed by atoms with E-state index in [1.165, 1.54) is 0 Å². The maximum atomic E-state index is 12.5. The van der Waals surface area contributed by atoms with Crippen molar-refractivity contribution >= 4 is 40.7 Å². The third-order valence-corrected chi connectivity index (χ3v) is 4.88. The van der Waals surface area contributed by atoms with E-state index < -0.39 is 0 Å². The maximum Gasteiger partial charge on any atom is 0.253 e. The summed E-state index contributed by atoms with van der Waals surface area (Å²) in [6.45, 7) is 0. The number of rotatable bonds is 4. The van der Waals surface area contributed by atoms with Crippen molar-refractivity contribution in [3.05, 3.63) is 68.7 Å². The molecule has 2 nitrogen and oxygen atoms in total. The van der Waals surface area contributed by atoms with Crippen molar-refractivity contribution in [3.8, 4) is 0 Å². The molecular weight excluding hydrogens is 341 g/mol. The van der Waals surface area contributed by atoms with E-state index in [1.54, 1.807) is 18.2 Å². The topological polar surface area (TPSA) is 29.1 Å². The molecule has 0 aliphatic heterocycles. The third kappa shape index (κ3) is 3.40. The van der Waals surface area contributed by atoms with E-state index >= 15 is 0 Å². The van der Waals surface area contributed by atoms with Crippen molar-refractivity contribution in [2.24, 2.45) is 5.92 Å². The van der Waals surface area contributed by atoms with Crippen LogP contribution in [-0.2, 0) is 0 Å². The van der Waals surface area contributed by atoms with Crippen LogP contribution >= 0.6 is 34.8 Å². The average molecular weight is 355 g/mol. The van der Waals surface area contributed by atoms with Gasteiger partial charge >= 0.3 is 0 Å². The first-order valence-corrected chi connectivity index (χ1v) is 8.20. The molecule has 0 bridgehead atoms. The Kier molecular flexibility index (Phi) is 4.62. The monoisotopic (exact) mass is 353 g/mol. The summed E-state index contributed by atoms with van der Waals surface area (Å²) >= 11 is 18.0. The van der Waals surface area contributed by atoms with E-state index in [2.05, 4.69) is 5.32 Å². The van der Waals surface area contributed by atoms with Crippen LogP contribution in [0, 0.1) is 5.92 Å². The summed E-state index contributed by atoms with van der Waals surface area (Å²) in [5.74, 6) is 0.252. The predicted molar refractivity (Wildman–Crippen MR) is 90.8 cm³/mol. The fraction of sp³-hybridized carbons (Fsp3) is 0.235. The second kappa shape index (κ2) is 6.49. The number of amides is 1. The Hall–Kier alpha value is -1.22. The number of halogens is 3. The van der Waals surface area contributed by atoms with E-state index in [9.17, 15) is 4.79 Å². The lowest BCUT2D eigenvalue weighted by atomic mass is 10.0. The summed E-state index contributed by atoms with van der Waals surface area (Å²) in [5, 5.41) is 4.42. The van der Waals surface area contributed by atoms with Crippen LogP contribution < -0.4 is 5.32 Å². The Morgan fingerprint density at radius 1 is 1.05 bits per heavy atom. The molecule has 2 aromatic carbocycles. The van der Waals surface area contributed by atoms with Crippen LogP contribution in [-0.4, -0.2) is 5.91 Å². The zero-order chi connectivity index (χ0) is 15.7. The number of hydrogen-bond donors (Lipinski definition) is 1. The van der Waals surface area contributed by atoms with Gasteiger partial charge in [-0.25, -0.2) is 0 Å². The highest BCUT2D eigenvalue weighted by atomic mass is 35.5. The van der Waals surface area contributed by atoms with Crippen molar-refractivity contribution < 1.29 is 4.79 Å². The molecule has 5 heteroatoms. The summed E-state index contributed by atoms with van der Waals surface area (Å²) in [5.41, 5.74) is 1.45. The normalized spacial score (nSPS) is 15.4. The zero-order valence-electron chi connectivity index (χ0n) is 11.7. The number of benzene rings is 2. The Labute approximate surface area is 144 Å². The minimum atomic E-state index is -0.209. The van der Waals surface area contributed by atoms with Crippen LogP contribution in [0.1, 0.15) is 34.8 Å². The molecule has 2 aromatic rings. The molecular formula is C17H14Cl3NO. The molecule has 0 saturated heterocycles.